The summed E-state index contributed by atoms with van der Waals surface area (Å²) < 4.78 is 0. The molecule has 0 aromatic carbocycles. The number of aliphatic hydroxyl groups is 1. The standard InChI is InChI=1S/C12H18O/c1-2-3-6-11-7-4-5-8-12(13)10-9-11/h4-5,7-13H,2-3,6H2,1H3/b7-4-,8-5-,10-9-. The first-order valence-corrected chi connectivity index (χ1v) is 5.04. The molecule has 0 fully saturated rings. The zero-order chi connectivity index (χ0) is 9.52. The monoisotopic (exact) mass is 178 g/mol. The van der Waals surface area contributed by atoms with Crippen LogP contribution >= 0.6 is 0 Å². The van der Waals surface area contributed by atoms with Crippen molar-refractivity contribution >= 4 is 0 Å². The zero-order valence-electron chi connectivity index (χ0n) is 8.19. The molecule has 2 atom stereocenters. The number of rotatable bonds is 3. The summed E-state index contributed by atoms with van der Waals surface area (Å²) in [4.78, 5) is 0. The van der Waals surface area contributed by atoms with Crippen LogP contribution in [-0.4, -0.2) is 11.2 Å². The van der Waals surface area contributed by atoms with Gasteiger partial charge in [-0.25, -0.2) is 0 Å². The Morgan fingerprint density at radius 3 is 2.62 bits per heavy atom. The maximum absolute atomic E-state index is 9.35. The summed E-state index contributed by atoms with van der Waals surface area (Å²) in [5.74, 6) is 0.500. The predicted molar refractivity (Wildman–Crippen MR) is 56.4 cm³/mol. The summed E-state index contributed by atoms with van der Waals surface area (Å²) in [6.07, 6.45) is 15.1. The van der Waals surface area contributed by atoms with E-state index in [1.54, 1.807) is 6.08 Å². The summed E-state index contributed by atoms with van der Waals surface area (Å²) >= 11 is 0. The lowest BCUT2D eigenvalue weighted by Gasteiger charge is -2.08. The fourth-order valence-electron chi connectivity index (χ4n) is 1.40. The number of hydrogen-bond acceptors (Lipinski definition) is 1. The summed E-state index contributed by atoms with van der Waals surface area (Å²) in [7, 11) is 0. The van der Waals surface area contributed by atoms with Gasteiger partial charge in [-0.3, -0.25) is 0 Å². The van der Waals surface area contributed by atoms with E-state index in [9.17, 15) is 5.11 Å². The van der Waals surface area contributed by atoms with Gasteiger partial charge in [0.2, 0.25) is 0 Å². The first-order chi connectivity index (χ1) is 6.33. The minimum atomic E-state index is -0.408. The van der Waals surface area contributed by atoms with Crippen LogP contribution in [0.3, 0.4) is 0 Å². The van der Waals surface area contributed by atoms with Gasteiger partial charge in [0.15, 0.2) is 0 Å². The quantitative estimate of drug-likeness (QED) is 0.659. The molecule has 0 saturated heterocycles. The van der Waals surface area contributed by atoms with E-state index in [2.05, 4.69) is 19.1 Å². The van der Waals surface area contributed by atoms with E-state index < -0.39 is 6.10 Å². The van der Waals surface area contributed by atoms with Crippen LogP contribution in [0.15, 0.2) is 36.5 Å². The molecule has 0 heterocycles. The van der Waals surface area contributed by atoms with Crippen LogP contribution < -0.4 is 0 Å². The number of allylic oxidation sites excluding steroid dienone is 4. The van der Waals surface area contributed by atoms with E-state index in [0.29, 0.717) is 5.92 Å². The molecule has 72 valence electrons. The maximum Gasteiger partial charge on any atom is 0.0905 e. The van der Waals surface area contributed by atoms with E-state index in [-0.39, 0.29) is 0 Å². The van der Waals surface area contributed by atoms with Gasteiger partial charge in [0, 0.05) is 0 Å². The highest BCUT2D eigenvalue weighted by molar-refractivity contribution is 5.16. The van der Waals surface area contributed by atoms with Crippen molar-refractivity contribution in [3.63, 3.8) is 0 Å². The van der Waals surface area contributed by atoms with Gasteiger partial charge >= 0.3 is 0 Å². The van der Waals surface area contributed by atoms with Crippen LogP contribution in [-0.2, 0) is 0 Å². The van der Waals surface area contributed by atoms with E-state index in [4.69, 9.17) is 0 Å². The van der Waals surface area contributed by atoms with Crippen molar-refractivity contribution < 1.29 is 5.11 Å². The van der Waals surface area contributed by atoms with Gasteiger partial charge in [-0.05, 0) is 12.3 Å². The number of unbranched alkanes of at least 4 members (excludes halogenated alkanes) is 1. The molecule has 1 rings (SSSR count). The molecule has 13 heavy (non-hydrogen) atoms. The molecule has 2 unspecified atom stereocenters. The topological polar surface area (TPSA) is 20.2 Å². The van der Waals surface area contributed by atoms with Crippen molar-refractivity contribution in [3.05, 3.63) is 36.5 Å². The van der Waals surface area contributed by atoms with Gasteiger partial charge in [0.05, 0.1) is 6.10 Å². The predicted octanol–water partition coefficient (Wildman–Crippen LogP) is 2.84. The van der Waals surface area contributed by atoms with Crippen molar-refractivity contribution in [3.8, 4) is 0 Å². The minimum absolute atomic E-state index is 0.408. The first-order valence-electron chi connectivity index (χ1n) is 5.04. The fourth-order valence-corrected chi connectivity index (χ4v) is 1.40. The van der Waals surface area contributed by atoms with Crippen LogP contribution in [0.25, 0.3) is 0 Å². The molecule has 0 spiro atoms. The Labute approximate surface area is 80.5 Å². The summed E-state index contributed by atoms with van der Waals surface area (Å²) in [5, 5.41) is 9.35. The lowest BCUT2D eigenvalue weighted by atomic mass is 9.99. The Morgan fingerprint density at radius 1 is 1.08 bits per heavy atom. The van der Waals surface area contributed by atoms with Gasteiger partial charge in [-0.2, -0.15) is 0 Å². The normalized spacial score (nSPS) is 34.6. The highest BCUT2D eigenvalue weighted by Gasteiger charge is 2.01. The largest absolute Gasteiger partial charge is 0.385 e. The van der Waals surface area contributed by atoms with Crippen molar-refractivity contribution in [2.75, 3.05) is 0 Å². The highest BCUT2D eigenvalue weighted by Crippen LogP contribution is 2.13. The minimum Gasteiger partial charge on any atom is -0.385 e. The Kier molecular flexibility index (Phi) is 4.55. The van der Waals surface area contributed by atoms with E-state index >= 15 is 0 Å². The number of aliphatic hydroxyl groups excluding tert-OH is 1. The van der Waals surface area contributed by atoms with Crippen LogP contribution in [0.1, 0.15) is 26.2 Å². The molecule has 0 aromatic rings. The molecule has 0 radical (unpaired) electrons. The Hall–Kier alpha value is -0.820. The maximum atomic E-state index is 9.35. The van der Waals surface area contributed by atoms with Crippen LogP contribution in [0.4, 0.5) is 0 Å². The van der Waals surface area contributed by atoms with E-state index in [1.165, 1.54) is 19.3 Å². The van der Waals surface area contributed by atoms with Crippen LogP contribution in [0.5, 0.6) is 0 Å². The highest BCUT2D eigenvalue weighted by atomic mass is 16.3. The van der Waals surface area contributed by atoms with E-state index in [0.717, 1.165) is 0 Å². The molecule has 0 saturated carbocycles. The molecule has 0 aliphatic heterocycles. The third-order valence-electron chi connectivity index (χ3n) is 2.22. The summed E-state index contributed by atoms with van der Waals surface area (Å²) in [6, 6.07) is 0. The van der Waals surface area contributed by atoms with Crippen molar-refractivity contribution in [1.29, 1.82) is 0 Å². The van der Waals surface area contributed by atoms with Gasteiger partial charge in [0.1, 0.15) is 0 Å². The van der Waals surface area contributed by atoms with Gasteiger partial charge in [-0.1, -0.05) is 56.2 Å². The zero-order valence-corrected chi connectivity index (χ0v) is 8.19. The van der Waals surface area contributed by atoms with Crippen molar-refractivity contribution in [2.24, 2.45) is 5.92 Å². The average Bonchev–Trinajstić information content (AvgIpc) is 2.11. The summed E-state index contributed by atoms with van der Waals surface area (Å²) in [5.41, 5.74) is 0. The molecule has 1 aliphatic carbocycles. The Balaban J connectivity index is 2.50. The van der Waals surface area contributed by atoms with Gasteiger partial charge in [0.25, 0.3) is 0 Å². The van der Waals surface area contributed by atoms with E-state index in [1.807, 2.05) is 18.2 Å². The molecule has 1 aliphatic rings. The third-order valence-corrected chi connectivity index (χ3v) is 2.22. The van der Waals surface area contributed by atoms with Crippen molar-refractivity contribution in [2.45, 2.75) is 32.3 Å². The van der Waals surface area contributed by atoms with Crippen molar-refractivity contribution in [1.82, 2.24) is 0 Å². The summed E-state index contributed by atoms with van der Waals surface area (Å²) in [6.45, 7) is 2.20. The Bertz CT molecular complexity index is 213. The first kappa shape index (κ1) is 10.3. The lowest BCUT2D eigenvalue weighted by Crippen LogP contribution is -2.00. The molecule has 0 amide bonds. The lowest BCUT2D eigenvalue weighted by molar-refractivity contribution is 0.270. The second kappa shape index (κ2) is 5.76. The average molecular weight is 178 g/mol. The molecular weight excluding hydrogens is 160 g/mol. The van der Waals surface area contributed by atoms with Gasteiger partial charge in [-0.15, -0.1) is 0 Å². The number of hydrogen-bond donors (Lipinski definition) is 1. The Morgan fingerprint density at radius 2 is 1.85 bits per heavy atom. The van der Waals surface area contributed by atoms with Crippen LogP contribution in [0.2, 0.25) is 0 Å². The smallest absolute Gasteiger partial charge is 0.0905 e. The molecule has 0 aromatic heterocycles. The van der Waals surface area contributed by atoms with Gasteiger partial charge < -0.3 is 5.11 Å². The second-order valence-electron chi connectivity index (χ2n) is 3.45. The second-order valence-corrected chi connectivity index (χ2v) is 3.45. The fraction of sp³-hybridized carbons (Fsp3) is 0.500. The van der Waals surface area contributed by atoms with Crippen LogP contribution in [0, 0.1) is 5.92 Å². The molecular formula is C12H18O. The molecule has 1 heteroatoms. The molecule has 1 N–H and O–H groups in total. The molecule has 0 bridgehead atoms. The SMILES string of the molecule is CCCCC1/C=C\C=C/C(O)/C=C\1. The third kappa shape index (κ3) is 4.09. The molecule has 1 nitrogen and oxygen atoms in total.